The van der Waals surface area contributed by atoms with Gasteiger partial charge in [-0.05, 0) is 44.2 Å². The highest BCUT2D eigenvalue weighted by Crippen LogP contribution is 2.24. The van der Waals surface area contributed by atoms with E-state index in [4.69, 9.17) is 0 Å². The maximum Gasteiger partial charge on any atom is 0.230 e. The number of piperidine rings is 2. The van der Waals surface area contributed by atoms with Gasteiger partial charge >= 0.3 is 0 Å². The fourth-order valence-electron chi connectivity index (χ4n) is 4.10. The van der Waals surface area contributed by atoms with Gasteiger partial charge in [-0.25, -0.2) is 0 Å². The second-order valence-electron chi connectivity index (χ2n) is 7.52. The van der Waals surface area contributed by atoms with Gasteiger partial charge < -0.3 is 15.5 Å². The van der Waals surface area contributed by atoms with Crippen molar-refractivity contribution in [1.29, 1.82) is 0 Å². The molecule has 0 radical (unpaired) electrons. The molecule has 2 atom stereocenters. The van der Waals surface area contributed by atoms with E-state index in [0.717, 1.165) is 63.8 Å². The van der Waals surface area contributed by atoms with Crippen molar-refractivity contribution in [2.24, 2.45) is 5.92 Å². The number of rotatable bonds is 5. The number of hydrogen-bond donors (Lipinski definition) is 2. The van der Waals surface area contributed by atoms with Crippen LogP contribution in [0.1, 0.15) is 50.5 Å². The van der Waals surface area contributed by atoms with E-state index in [1.54, 1.807) is 0 Å². The number of likely N-dealkylation sites (tertiary alicyclic amines) is 1. The average Bonchev–Trinajstić information content (AvgIpc) is 2.70. The summed E-state index contributed by atoms with van der Waals surface area (Å²) in [7, 11) is 0. The first-order valence-corrected chi connectivity index (χ1v) is 10.0. The number of amides is 2. The molecule has 2 amide bonds. The topological polar surface area (TPSA) is 61.4 Å². The van der Waals surface area contributed by atoms with Crippen molar-refractivity contribution in [3.05, 3.63) is 35.9 Å². The van der Waals surface area contributed by atoms with E-state index in [0.29, 0.717) is 0 Å². The molecule has 0 aliphatic carbocycles. The van der Waals surface area contributed by atoms with E-state index < -0.39 is 0 Å². The highest BCUT2D eigenvalue weighted by molar-refractivity contribution is 5.85. The quantitative estimate of drug-likeness (QED) is 0.808. The number of carbonyl (C=O) groups excluding carboxylic acids is 2. The van der Waals surface area contributed by atoms with Crippen molar-refractivity contribution in [1.82, 2.24) is 15.5 Å². The first kappa shape index (κ1) is 21.7. The Kier molecular flexibility index (Phi) is 8.58. The Bertz CT molecular complexity index is 597. The Labute approximate surface area is 168 Å². The molecule has 27 heavy (non-hydrogen) atoms. The Hall–Kier alpha value is -1.59. The van der Waals surface area contributed by atoms with E-state index in [-0.39, 0.29) is 42.1 Å². The van der Waals surface area contributed by atoms with Crippen LogP contribution >= 0.6 is 12.4 Å². The van der Waals surface area contributed by atoms with Gasteiger partial charge in [0.25, 0.3) is 0 Å². The minimum Gasteiger partial charge on any atom is -0.353 e. The van der Waals surface area contributed by atoms with Crippen molar-refractivity contribution in [3.8, 4) is 0 Å². The third-order valence-electron chi connectivity index (χ3n) is 5.73. The highest BCUT2D eigenvalue weighted by atomic mass is 35.5. The Balaban J connectivity index is 0.00000261. The zero-order chi connectivity index (χ0) is 18.4. The number of hydrogen-bond acceptors (Lipinski definition) is 3. The molecule has 2 saturated heterocycles. The summed E-state index contributed by atoms with van der Waals surface area (Å²) < 4.78 is 0. The van der Waals surface area contributed by atoms with Crippen LogP contribution in [0.3, 0.4) is 0 Å². The van der Waals surface area contributed by atoms with Gasteiger partial charge in [0.15, 0.2) is 0 Å². The van der Waals surface area contributed by atoms with Crippen molar-refractivity contribution in [2.45, 2.75) is 51.0 Å². The van der Waals surface area contributed by atoms with Crippen LogP contribution in [0, 0.1) is 5.92 Å². The van der Waals surface area contributed by atoms with E-state index in [2.05, 4.69) is 17.6 Å². The lowest BCUT2D eigenvalue weighted by Crippen LogP contribution is -2.50. The number of nitrogens with zero attached hydrogens (tertiary/aromatic N) is 1. The van der Waals surface area contributed by atoms with E-state index in [1.165, 1.54) is 0 Å². The number of carbonyl (C=O) groups is 2. The molecular formula is C21H32ClN3O2. The summed E-state index contributed by atoms with van der Waals surface area (Å²) in [5.41, 5.74) is 1.10. The number of halogens is 1. The smallest absolute Gasteiger partial charge is 0.230 e. The van der Waals surface area contributed by atoms with Crippen LogP contribution in [0.15, 0.2) is 30.3 Å². The molecule has 150 valence electrons. The zero-order valence-electron chi connectivity index (χ0n) is 16.2. The van der Waals surface area contributed by atoms with Gasteiger partial charge in [0.05, 0.1) is 11.8 Å². The maximum atomic E-state index is 12.9. The van der Waals surface area contributed by atoms with Gasteiger partial charge in [-0.1, -0.05) is 37.3 Å². The predicted octanol–water partition coefficient (Wildman–Crippen LogP) is 2.71. The first-order chi connectivity index (χ1) is 12.7. The van der Waals surface area contributed by atoms with Crippen LogP contribution in [0.4, 0.5) is 0 Å². The normalized spacial score (nSPS) is 21.8. The first-order valence-electron chi connectivity index (χ1n) is 10.0. The van der Waals surface area contributed by atoms with E-state index in [1.807, 2.05) is 35.2 Å². The summed E-state index contributed by atoms with van der Waals surface area (Å²) in [6, 6.07) is 10.2. The number of nitrogens with one attached hydrogen (secondary N) is 2. The summed E-state index contributed by atoms with van der Waals surface area (Å²) >= 11 is 0. The summed E-state index contributed by atoms with van der Waals surface area (Å²) in [6.07, 6.45) is 4.56. The molecule has 2 aliphatic heterocycles. The van der Waals surface area contributed by atoms with Crippen LogP contribution in [-0.2, 0) is 9.59 Å². The second-order valence-corrected chi connectivity index (χ2v) is 7.52. The van der Waals surface area contributed by atoms with Crippen LogP contribution < -0.4 is 10.6 Å². The van der Waals surface area contributed by atoms with Gasteiger partial charge in [-0.3, -0.25) is 9.59 Å². The van der Waals surface area contributed by atoms with Crippen molar-refractivity contribution in [3.63, 3.8) is 0 Å². The molecule has 2 aliphatic rings. The molecule has 2 heterocycles. The Morgan fingerprint density at radius 2 is 1.89 bits per heavy atom. The van der Waals surface area contributed by atoms with Crippen LogP contribution in [-0.4, -0.2) is 48.9 Å². The average molecular weight is 394 g/mol. The predicted molar refractivity (Wildman–Crippen MR) is 110 cm³/mol. The number of benzene rings is 1. The van der Waals surface area contributed by atoms with Crippen LogP contribution in [0.25, 0.3) is 0 Å². The fraction of sp³-hybridized carbons (Fsp3) is 0.619. The molecule has 6 heteroatoms. The van der Waals surface area contributed by atoms with E-state index >= 15 is 0 Å². The molecule has 1 aromatic rings. The second kappa shape index (κ2) is 10.7. The van der Waals surface area contributed by atoms with Gasteiger partial charge in [0.1, 0.15) is 0 Å². The van der Waals surface area contributed by atoms with Crippen molar-refractivity contribution < 1.29 is 9.59 Å². The third-order valence-corrected chi connectivity index (χ3v) is 5.73. The zero-order valence-corrected chi connectivity index (χ0v) is 17.0. The monoisotopic (exact) mass is 393 g/mol. The highest BCUT2D eigenvalue weighted by Gasteiger charge is 2.30. The lowest BCUT2D eigenvalue weighted by molar-refractivity contribution is -0.134. The van der Waals surface area contributed by atoms with Gasteiger partial charge in [-0.15, -0.1) is 12.4 Å². The fourth-order valence-corrected chi connectivity index (χ4v) is 4.10. The van der Waals surface area contributed by atoms with Crippen LogP contribution in [0.2, 0.25) is 0 Å². The van der Waals surface area contributed by atoms with Crippen LogP contribution in [0.5, 0.6) is 0 Å². The maximum absolute atomic E-state index is 12.9. The standard InChI is InChI=1S/C21H31N3O2.ClH/c1-2-19(16-7-4-3-5-8-16)21(26)24-13-10-18(11-14-24)23-20(25)17-9-6-12-22-15-17;/h3-5,7-8,17-19,22H,2,6,9-15H2,1H3,(H,23,25);1H. The van der Waals surface area contributed by atoms with Gasteiger partial charge in [-0.2, -0.15) is 0 Å². The minimum atomic E-state index is -0.0596. The summed E-state index contributed by atoms with van der Waals surface area (Å²) in [6.45, 7) is 5.34. The molecule has 2 unspecified atom stereocenters. The summed E-state index contributed by atoms with van der Waals surface area (Å²) in [4.78, 5) is 27.3. The molecule has 2 fully saturated rings. The molecule has 0 aromatic heterocycles. The summed E-state index contributed by atoms with van der Waals surface area (Å²) in [5, 5.41) is 6.50. The molecule has 0 bridgehead atoms. The minimum absolute atomic E-state index is 0. The lowest BCUT2D eigenvalue weighted by atomic mass is 9.93. The molecule has 2 N–H and O–H groups in total. The molecule has 0 saturated carbocycles. The van der Waals surface area contributed by atoms with Crippen molar-refractivity contribution in [2.75, 3.05) is 26.2 Å². The Morgan fingerprint density at radius 1 is 1.19 bits per heavy atom. The molecule has 1 aromatic carbocycles. The molecule has 0 spiro atoms. The third kappa shape index (κ3) is 5.69. The largest absolute Gasteiger partial charge is 0.353 e. The summed E-state index contributed by atoms with van der Waals surface area (Å²) in [5.74, 6) is 0.444. The SMILES string of the molecule is CCC(C(=O)N1CCC(NC(=O)C2CCCNC2)CC1)c1ccccc1.Cl. The molecule has 3 rings (SSSR count). The Morgan fingerprint density at radius 3 is 2.48 bits per heavy atom. The van der Waals surface area contributed by atoms with Crippen molar-refractivity contribution >= 4 is 24.2 Å². The lowest BCUT2D eigenvalue weighted by Gasteiger charge is -2.35. The molecule has 5 nitrogen and oxygen atoms in total. The van der Waals surface area contributed by atoms with Gasteiger partial charge in [0, 0.05) is 25.7 Å². The molecular weight excluding hydrogens is 362 g/mol. The van der Waals surface area contributed by atoms with E-state index in [9.17, 15) is 9.59 Å². The van der Waals surface area contributed by atoms with Gasteiger partial charge in [0.2, 0.25) is 11.8 Å².